The summed E-state index contributed by atoms with van der Waals surface area (Å²) in [5, 5.41) is 14.5. The number of carbonyl (C=O) groups is 1. The molecule has 1 aromatic heterocycles. The number of ether oxygens (including phenoxy) is 1. The predicted molar refractivity (Wildman–Crippen MR) is 102 cm³/mol. The van der Waals surface area contributed by atoms with E-state index in [0.29, 0.717) is 30.1 Å². The first-order chi connectivity index (χ1) is 13.5. The Labute approximate surface area is 165 Å². The number of carboxylic acids is 1. The van der Waals surface area contributed by atoms with Crippen molar-refractivity contribution in [2.24, 2.45) is 0 Å². The molecule has 28 heavy (non-hydrogen) atoms. The molecule has 0 unspecified atom stereocenters. The lowest BCUT2D eigenvalue weighted by atomic mass is 9.99. The third kappa shape index (κ3) is 3.07. The highest BCUT2D eigenvalue weighted by Crippen LogP contribution is 2.36. The number of halogens is 2. The SMILES string of the molecule is COc1cc(-c2onc(N3CCc4c(Cl)cccc4C3)c2C(=O)O)ccc1F. The van der Waals surface area contributed by atoms with Crippen LogP contribution >= 0.6 is 11.6 Å². The maximum absolute atomic E-state index is 13.7. The fraction of sp³-hybridized carbons (Fsp3) is 0.200. The highest BCUT2D eigenvalue weighted by atomic mass is 35.5. The Morgan fingerprint density at radius 2 is 2.18 bits per heavy atom. The van der Waals surface area contributed by atoms with Crippen LogP contribution in [0.2, 0.25) is 5.02 Å². The Bertz CT molecular complexity index is 1070. The highest BCUT2D eigenvalue weighted by Gasteiger charge is 2.30. The van der Waals surface area contributed by atoms with Crippen molar-refractivity contribution in [3.8, 4) is 17.1 Å². The van der Waals surface area contributed by atoms with Crippen molar-refractivity contribution in [3.05, 3.63) is 63.9 Å². The number of fused-ring (bicyclic) bond motifs is 1. The maximum atomic E-state index is 13.7. The number of hydrogen-bond donors (Lipinski definition) is 1. The molecular weight excluding hydrogens is 387 g/mol. The van der Waals surface area contributed by atoms with Crippen LogP contribution in [0.4, 0.5) is 10.2 Å². The van der Waals surface area contributed by atoms with Crippen LogP contribution in [0.3, 0.4) is 0 Å². The van der Waals surface area contributed by atoms with Gasteiger partial charge in [-0.25, -0.2) is 9.18 Å². The van der Waals surface area contributed by atoms with Crippen LogP contribution in [0, 0.1) is 5.82 Å². The van der Waals surface area contributed by atoms with Gasteiger partial charge in [-0.3, -0.25) is 0 Å². The molecule has 8 heteroatoms. The lowest BCUT2D eigenvalue weighted by Gasteiger charge is -2.29. The van der Waals surface area contributed by atoms with Crippen molar-refractivity contribution in [3.63, 3.8) is 0 Å². The molecule has 0 amide bonds. The van der Waals surface area contributed by atoms with Crippen molar-refractivity contribution in [1.29, 1.82) is 0 Å². The minimum absolute atomic E-state index is 0.00618. The molecule has 0 radical (unpaired) electrons. The van der Waals surface area contributed by atoms with Crippen molar-refractivity contribution in [2.45, 2.75) is 13.0 Å². The van der Waals surface area contributed by atoms with Crippen molar-refractivity contribution >= 4 is 23.4 Å². The first-order valence-corrected chi connectivity index (χ1v) is 8.95. The quantitative estimate of drug-likeness (QED) is 0.697. The Morgan fingerprint density at radius 1 is 1.36 bits per heavy atom. The first kappa shape index (κ1) is 18.3. The van der Waals surface area contributed by atoms with Gasteiger partial charge in [0.1, 0.15) is 0 Å². The van der Waals surface area contributed by atoms with E-state index in [1.807, 2.05) is 23.1 Å². The standard InChI is InChI=1S/C20H16ClFN2O4/c1-27-16-9-11(5-6-15(16)22)18-17(20(25)26)19(23-28-18)24-8-7-13-12(10-24)3-2-4-14(13)21/h2-6,9H,7-8,10H2,1H3,(H,25,26). The minimum atomic E-state index is -1.17. The van der Waals surface area contributed by atoms with Crippen LogP contribution in [0.15, 0.2) is 40.9 Å². The Morgan fingerprint density at radius 3 is 2.93 bits per heavy atom. The third-order valence-electron chi connectivity index (χ3n) is 4.81. The number of rotatable bonds is 4. The zero-order valence-corrected chi connectivity index (χ0v) is 15.7. The molecule has 1 aliphatic heterocycles. The summed E-state index contributed by atoms with van der Waals surface area (Å²) in [7, 11) is 1.34. The molecule has 0 fully saturated rings. The van der Waals surface area contributed by atoms with Gasteiger partial charge in [-0.15, -0.1) is 0 Å². The van der Waals surface area contributed by atoms with Gasteiger partial charge in [0, 0.05) is 23.7 Å². The molecule has 2 aromatic carbocycles. The van der Waals surface area contributed by atoms with E-state index in [1.165, 1.54) is 25.3 Å². The summed E-state index contributed by atoms with van der Waals surface area (Å²) in [6, 6.07) is 9.68. The molecule has 6 nitrogen and oxygen atoms in total. The molecule has 0 aliphatic carbocycles. The topological polar surface area (TPSA) is 75.8 Å². The Balaban J connectivity index is 1.75. The molecule has 0 saturated carbocycles. The summed E-state index contributed by atoms with van der Waals surface area (Å²) in [5.41, 5.74) is 2.38. The molecule has 0 atom stereocenters. The highest BCUT2D eigenvalue weighted by molar-refractivity contribution is 6.31. The summed E-state index contributed by atoms with van der Waals surface area (Å²) < 4.78 is 24.1. The van der Waals surface area contributed by atoms with E-state index in [2.05, 4.69) is 5.16 Å². The second-order valence-corrected chi connectivity index (χ2v) is 6.82. The van der Waals surface area contributed by atoms with Gasteiger partial charge in [-0.2, -0.15) is 0 Å². The second kappa shape index (κ2) is 7.16. The van der Waals surface area contributed by atoms with Gasteiger partial charge < -0.3 is 19.3 Å². The van der Waals surface area contributed by atoms with Crippen LogP contribution in [-0.2, 0) is 13.0 Å². The van der Waals surface area contributed by atoms with Crippen molar-refractivity contribution in [1.82, 2.24) is 5.16 Å². The summed E-state index contributed by atoms with van der Waals surface area (Å²) in [6.07, 6.45) is 0.667. The van der Waals surface area contributed by atoms with Gasteiger partial charge in [0.25, 0.3) is 0 Å². The molecule has 3 aromatic rings. The van der Waals surface area contributed by atoms with E-state index in [-0.39, 0.29) is 22.9 Å². The summed E-state index contributed by atoms with van der Waals surface area (Å²) in [5.74, 6) is -1.44. The lowest BCUT2D eigenvalue weighted by Crippen LogP contribution is -2.31. The van der Waals surface area contributed by atoms with Gasteiger partial charge in [0.05, 0.1) is 7.11 Å². The van der Waals surface area contributed by atoms with Gasteiger partial charge in [-0.1, -0.05) is 28.9 Å². The average molecular weight is 403 g/mol. The average Bonchev–Trinajstić information content (AvgIpc) is 3.14. The van der Waals surface area contributed by atoms with Gasteiger partial charge in [-0.05, 0) is 41.8 Å². The molecule has 4 rings (SSSR count). The van der Waals surface area contributed by atoms with Crippen LogP contribution in [0.25, 0.3) is 11.3 Å². The van der Waals surface area contributed by atoms with E-state index < -0.39 is 11.8 Å². The van der Waals surface area contributed by atoms with Gasteiger partial charge in [0.2, 0.25) is 0 Å². The second-order valence-electron chi connectivity index (χ2n) is 6.41. The number of aromatic carboxylic acids is 1. The normalized spacial score (nSPS) is 13.3. The summed E-state index contributed by atoms with van der Waals surface area (Å²) in [6.45, 7) is 1.02. The number of nitrogens with zero attached hydrogens (tertiary/aromatic N) is 2. The van der Waals surface area contributed by atoms with Gasteiger partial charge >= 0.3 is 5.97 Å². The maximum Gasteiger partial charge on any atom is 0.343 e. The van der Waals surface area contributed by atoms with E-state index in [4.69, 9.17) is 20.9 Å². The monoisotopic (exact) mass is 402 g/mol. The number of anilines is 1. The third-order valence-corrected chi connectivity index (χ3v) is 5.16. The van der Waals surface area contributed by atoms with E-state index in [0.717, 1.165) is 11.1 Å². The molecule has 0 bridgehead atoms. The number of methoxy groups -OCH3 is 1. The fourth-order valence-corrected chi connectivity index (χ4v) is 3.72. The Kier molecular flexibility index (Phi) is 4.68. The molecule has 0 spiro atoms. The molecule has 2 heterocycles. The van der Waals surface area contributed by atoms with Crippen LogP contribution in [-0.4, -0.2) is 29.9 Å². The number of aromatic nitrogens is 1. The van der Waals surface area contributed by atoms with Crippen LogP contribution in [0.5, 0.6) is 5.75 Å². The lowest BCUT2D eigenvalue weighted by molar-refractivity contribution is 0.0697. The predicted octanol–water partition coefficient (Wildman–Crippen LogP) is 4.40. The van der Waals surface area contributed by atoms with Crippen LogP contribution in [0.1, 0.15) is 21.5 Å². The molecule has 1 aliphatic rings. The van der Waals surface area contributed by atoms with E-state index in [9.17, 15) is 14.3 Å². The fourth-order valence-electron chi connectivity index (χ4n) is 3.43. The number of benzene rings is 2. The van der Waals surface area contributed by atoms with E-state index >= 15 is 0 Å². The summed E-state index contributed by atoms with van der Waals surface area (Å²) in [4.78, 5) is 13.8. The molecule has 1 N–H and O–H groups in total. The number of hydrogen-bond acceptors (Lipinski definition) is 5. The molecular formula is C20H16ClFN2O4. The Hall–Kier alpha value is -3.06. The largest absolute Gasteiger partial charge is 0.494 e. The minimum Gasteiger partial charge on any atom is -0.494 e. The first-order valence-electron chi connectivity index (χ1n) is 8.57. The van der Waals surface area contributed by atoms with Crippen LogP contribution < -0.4 is 9.64 Å². The number of carboxylic acid groups (broad SMARTS) is 1. The van der Waals surface area contributed by atoms with Gasteiger partial charge in [0.15, 0.2) is 28.7 Å². The summed E-state index contributed by atoms with van der Waals surface area (Å²) >= 11 is 6.25. The van der Waals surface area contributed by atoms with Crippen molar-refractivity contribution in [2.75, 3.05) is 18.6 Å². The zero-order valence-electron chi connectivity index (χ0n) is 14.9. The van der Waals surface area contributed by atoms with Crippen molar-refractivity contribution < 1.29 is 23.6 Å². The van der Waals surface area contributed by atoms with E-state index in [1.54, 1.807) is 0 Å². The zero-order chi connectivity index (χ0) is 19.8. The smallest absolute Gasteiger partial charge is 0.343 e. The molecule has 144 valence electrons. The molecule has 0 saturated heterocycles.